The molecule has 0 aromatic rings. The molecule has 16 heavy (non-hydrogen) atoms. The average molecular weight is 231 g/mol. The van der Waals surface area contributed by atoms with E-state index in [1.165, 1.54) is 4.90 Å². The predicted octanol–water partition coefficient (Wildman–Crippen LogP) is 2.42. The second-order valence-corrected chi connectivity index (χ2v) is 5.13. The lowest BCUT2D eigenvalue weighted by Crippen LogP contribution is -2.47. The minimum Gasteiger partial charge on any atom is -0.465 e. The number of carboxylic acid groups (broad SMARTS) is 1. The SMILES string of the molecule is CCC(C)C(C)(CO)CN(C(=O)O)C(C)C. The Morgan fingerprint density at radius 2 is 1.88 bits per heavy atom. The van der Waals surface area contributed by atoms with Crippen molar-refractivity contribution in [3.8, 4) is 0 Å². The van der Waals surface area contributed by atoms with Crippen LogP contribution in [-0.4, -0.2) is 40.4 Å². The summed E-state index contributed by atoms with van der Waals surface area (Å²) in [6, 6.07) is -0.0626. The zero-order valence-electron chi connectivity index (χ0n) is 11.0. The number of rotatable bonds is 6. The Morgan fingerprint density at radius 1 is 1.38 bits per heavy atom. The van der Waals surface area contributed by atoms with Gasteiger partial charge in [0.15, 0.2) is 0 Å². The van der Waals surface area contributed by atoms with Crippen LogP contribution in [0.1, 0.15) is 41.0 Å². The molecule has 2 atom stereocenters. The van der Waals surface area contributed by atoms with Crippen LogP contribution in [0.5, 0.6) is 0 Å². The van der Waals surface area contributed by atoms with Gasteiger partial charge in [-0.25, -0.2) is 4.79 Å². The normalized spacial score (nSPS) is 16.9. The van der Waals surface area contributed by atoms with Crippen molar-refractivity contribution < 1.29 is 15.0 Å². The van der Waals surface area contributed by atoms with E-state index in [0.29, 0.717) is 6.54 Å². The molecule has 0 fully saturated rings. The van der Waals surface area contributed by atoms with Crippen molar-refractivity contribution in [1.82, 2.24) is 4.90 Å². The van der Waals surface area contributed by atoms with Gasteiger partial charge in [0, 0.05) is 18.0 Å². The molecule has 0 radical (unpaired) electrons. The van der Waals surface area contributed by atoms with Crippen LogP contribution in [0.3, 0.4) is 0 Å². The van der Waals surface area contributed by atoms with Gasteiger partial charge in [0.05, 0.1) is 6.61 Å². The number of amides is 1. The van der Waals surface area contributed by atoms with E-state index < -0.39 is 6.09 Å². The third-order valence-electron chi connectivity index (χ3n) is 3.56. The van der Waals surface area contributed by atoms with E-state index in [-0.39, 0.29) is 24.0 Å². The van der Waals surface area contributed by atoms with Crippen molar-refractivity contribution in [2.45, 2.75) is 47.1 Å². The third-order valence-corrected chi connectivity index (χ3v) is 3.56. The quantitative estimate of drug-likeness (QED) is 0.738. The Morgan fingerprint density at radius 3 is 2.12 bits per heavy atom. The van der Waals surface area contributed by atoms with Crippen molar-refractivity contribution in [2.24, 2.45) is 11.3 Å². The first-order valence-corrected chi connectivity index (χ1v) is 5.89. The van der Waals surface area contributed by atoms with Crippen LogP contribution in [0.2, 0.25) is 0 Å². The maximum Gasteiger partial charge on any atom is 0.407 e. The van der Waals surface area contributed by atoms with E-state index in [9.17, 15) is 9.90 Å². The summed E-state index contributed by atoms with van der Waals surface area (Å²) in [6.07, 6.45) is 0.0146. The van der Waals surface area contributed by atoms with Crippen LogP contribution in [0.25, 0.3) is 0 Å². The van der Waals surface area contributed by atoms with Crippen molar-refractivity contribution >= 4 is 6.09 Å². The Balaban J connectivity index is 4.79. The van der Waals surface area contributed by atoms with Crippen molar-refractivity contribution in [2.75, 3.05) is 13.2 Å². The first-order chi connectivity index (χ1) is 7.28. The number of carbonyl (C=O) groups is 1. The van der Waals surface area contributed by atoms with Crippen LogP contribution >= 0.6 is 0 Å². The Kier molecular flexibility index (Phi) is 5.79. The second-order valence-electron chi connectivity index (χ2n) is 5.13. The molecule has 1 amide bonds. The minimum atomic E-state index is -0.919. The topological polar surface area (TPSA) is 60.8 Å². The molecule has 0 aliphatic carbocycles. The van der Waals surface area contributed by atoms with E-state index >= 15 is 0 Å². The smallest absolute Gasteiger partial charge is 0.407 e. The van der Waals surface area contributed by atoms with Gasteiger partial charge in [0.1, 0.15) is 0 Å². The van der Waals surface area contributed by atoms with Crippen LogP contribution in [0.4, 0.5) is 4.79 Å². The summed E-state index contributed by atoms with van der Waals surface area (Å²) < 4.78 is 0. The monoisotopic (exact) mass is 231 g/mol. The molecular weight excluding hydrogens is 206 g/mol. The van der Waals surface area contributed by atoms with Gasteiger partial charge in [-0.2, -0.15) is 0 Å². The van der Waals surface area contributed by atoms with Crippen LogP contribution < -0.4 is 0 Å². The fourth-order valence-electron chi connectivity index (χ4n) is 1.71. The molecule has 0 aliphatic heterocycles. The summed E-state index contributed by atoms with van der Waals surface area (Å²) in [6.45, 7) is 10.1. The van der Waals surface area contributed by atoms with Gasteiger partial charge in [-0.05, 0) is 19.8 Å². The molecule has 0 rings (SSSR count). The van der Waals surface area contributed by atoms with Gasteiger partial charge in [-0.1, -0.05) is 27.2 Å². The molecule has 0 bridgehead atoms. The molecule has 0 aromatic carbocycles. The number of aliphatic hydroxyl groups excluding tert-OH is 1. The molecule has 0 saturated heterocycles. The van der Waals surface area contributed by atoms with Crippen LogP contribution in [-0.2, 0) is 0 Å². The lowest BCUT2D eigenvalue weighted by molar-refractivity contribution is 0.0332. The fourth-order valence-corrected chi connectivity index (χ4v) is 1.71. The van der Waals surface area contributed by atoms with E-state index in [1.54, 1.807) is 0 Å². The molecular formula is C12H25NO3. The van der Waals surface area contributed by atoms with Gasteiger partial charge in [0.25, 0.3) is 0 Å². The van der Waals surface area contributed by atoms with E-state index in [0.717, 1.165) is 6.42 Å². The van der Waals surface area contributed by atoms with Crippen molar-refractivity contribution in [1.29, 1.82) is 0 Å². The van der Waals surface area contributed by atoms with Gasteiger partial charge in [0.2, 0.25) is 0 Å². The highest BCUT2D eigenvalue weighted by molar-refractivity contribution is 5.65. The molecule has 0 saturated carbocycles. The highest BCUT2D eigenvalue weighted by Crippen LogP contribution is 2.30. The number of hydrogen-bond acceptors (Lipinski definition) is 2. The summed E-state index contributed by atoms with van der Waals surface area (Å²) in [5.41, 5.74) is -0.364. The van der Waals surface area contributed by atoms with Gasteiger partial charge < -0.3 is 15.1 Å². The van der Waals surface area contributed by atoms with Gasteiger partial charge in [-0.15, -0.1) is 0 Å². The highest BCUT2D eigenvalue weighted by atomic mass is 16.4. The largest absolute Gasteiger partial charge is 0.465 e. The highest BCUT2D eigenvalue weighted by Gasteiger charge is 2.34. The molecule has 2 N–H and O–H groups in total. The predicted molar refractivity (Wildman–Crippen MR) is 64.5 cm³/mol. The summed E-state index contributed by atoms with van der Waals surface area (Å²) in [7, 11) is 0. The Bertz CT molecular complexity index is 230. The molecule has 4 nitrogen and oxygen atoms in total. The summed E-state index contributed by atoms with van der Waals surface area (Å²) in [5.74, 6) is 0.290. The summed E-state index contributed by atoms with van der Waals surface area (Å²) in [5, 5.41) is 18.6. The molecule has 0 aliphatic rings. The number of nitrogens with zero attached hydrogens (tertiary/aromatic N) is 1. The van der Waals surface area contributed by atoms with Crippen LogP contribution in [0, 0.1) is 11.3 Å². The third kappa shape index (κ3) is 3.67. The Hall–Kier alpha value is -0.770. The van der Waals surface area contributed by atoms with E-state index in [4.69, 9.17) is 5.11 Å². The Labute approximate surface area is 98.3 Å². The fraction of sp³-hybridized carbons (Fsp3) is 0.917. The molecule has 0 heterocycles. The second kappa shape index (κ2) is 6.09. The maximum atomic E-state index is 11.1. The average Bonchev–Trinajstić information content (AvgIpc) is 2.23. The number of aliphatic hydroxyl groups is 1. The standard InChI is InChI=1S/C12H25NO3/c1-6-10(4)12(5,8-14)7-13(9(2)3)11(15)16/h9-10,14H,6-8H2,1-5H3,(H,15,16). The zero-order chi connectivity index (χ0) is 12.9. The minimum absolute atomic E-state index is 0.0124. The lowest BCUT2D eigenvalue weighted by atomic mass is 9.76. The molecule has 4 heteroatoms. The van der Waals surface area contributed by atoms with E-state index in [2.05, 4.69) is 13.8 Å². The van der Waals surface area contributed by atoms with Crippen molar-refractivity contribution in [3.05, 3.63) is 0 Å². The summed E-state index contributed by atoms with van der Waals surface area (Å²) in [4.78, 5) is 12.5. The molecule has 0 aromatic heterocycles. The first-order valence-electron chi connectivity index (χ1n) is 5.89. The molecule has 2 unspecified atom stereocenters. The van der Waals surface area contributed by atoms with Gasteiger partial charge in [-0.3, -0.25) is 0 Å². The lowest BCUT2D eigenvalue weighted by Gasteiger charge is -2.38. The summed E-state index contributed by atoms with van der Waals surface area (Å²) >= 11 is 0. The maximum absolute atomic E-state index is 11.1. The van der Waals surface area contributed by atoms with E-state index in [1.807, 2.05) is 20.8 Å². The van der Waals surface area contributed by atoms with Crippen LogP contribution in [0.15, 0.2) is 0 Å². The first kappa shape index (κ1) is 15.2. The number of hydrogen-bond donors (Lipinski definition) is 2. The van der Waals surface area contributed by atoms with Gasteiger partial charge >= 0.3 is 6.09 Å². The molecule has 96 valence electrons. The van der Waals surface area contributed by atoms with Crippen molar-refractivity contribution in [3.63, 3.8) is 0 Å². The molecule has 0 spiro atoms. The zero-order valence-corrected chi connectivity index (χ0v) is 11.0.